The molecule has 3 N–H and O–H groups in total. The Balaban J connectivity index is 3.43. The Labute approximate surface area is 136 Å². The Morgan fingerprint density at radius 2 is 1.23 bits per heavy atom. The van der Waals surface area contributed by atoms with Crippen LogP contribution in [-0.4, -0.2) is 5.11 Å². The summed E-state index contributed by atoms with van der Waals surface area (Å²) >= 11 is 0. The lowest BCUT2D eigenvalue weighted by Crippen LogP contribution is -1.91. The fraction of sp³-hybridized carbons (Fsp3) is 0.500. The zero-order valence-electron chi connectivity index (χ0n) is 14.1. The average Bonchev–Trinajstić information content (AvgIpc) is 2.50. The normalized spacial score (nSPS) is 13.4. The monoisotopic (exact) mass is 303 g/mol. The highest BCUT2D eigenvalue weighted by atomic mass is 16.3. The van der Waals surface area contributed by atoms with E-state index in [9.17, 15) is 0 Å². The van der Waals surface area contributed by atoms with Crippen molar-refractivity contribution >= 4 is 0 Å². The van der Waals surface area contributed by atoms with E-state index in [4.69, 9.17) is 10.8 Å². The third-order valence-corrected chi connectivity index (χ3v) is 3.29. The Kier molecular flexibility index (Phi) is 16.0. The fourth-order valence-corrected chi connectivity index (χ4v) is 2.05. The number of hydrogen-bond acceptors (Lipinski definition) is 2. The van der Waals surface area contributed by atoms with Gasteiger partial charge in [0.2, 0.25) is 0 Å². The first-order chi connectivity index (χ1) is 10.8. The first-order valence-electron chi connectivity index (χ1n) is 8.58. The van der Waals surface area contributed by atoms with Gasteiger partial charge in [0, 0.05) is 0 Å². The van der Waals surface area contributed by atoms with Gasteiger partial charge in [0.1, 0.15) is 0 Å². The topological polar surface area (TPSA) is 46.2 Å². The van der Waals surface area contributed by atoms with Crippen molar-refractivity contribution in [2.75, 3.05) is 0 Å². The van der Waals surface area contributed by atoms with Crippen LogP contribution in [0.3, 0.4) is 0 Å². The maximum atomic E-state index is 8.72. The van der Waals surface area contributed by atoms with Crippen molar-refractivity contribution in [1.82, 2.24) is 0 Å². The molecule has 0 fully saturated rings. The standard InChI is InChI=1S/C20H33NO/c1-2-3-4-5-6-7-8-9-10-11-12-13-14-15-16-17-18-19-20(21)22/h11-19,22H,2-10,21H2,1H3/b12-11+,14-13+,16-15+,18-17+,20-19+. The number of aliphatic hydroxyl groups is 1. The maximum absolute atomic E-state index is 8.72. The molecular formula is C20H33NO. The molecule has 124 valence electrons. The summed E-state index contributed by atoms with van der Waals surface area (Å²) in [6.07, 6.45) is 29.3. The molecule has 2 nitrogen and oxygen atoms in total. The van der Waals surface area contributed by atoms with Gasteiger partial charge in [-0.1, -0.05) is 100 Å². The van der Waals surface area contributed by atoms with Crippen molar-refractivity contribution < 1.29 is 5.11 Å². The smallest absolute Gasteiger partial charge is 0.181 e. The van der Waals surface area contributed by atoms with E-state index in [1.807, 2.05) is 30.4 Å². The molecule has 2 heteroatoms. The predicted octanol–water partition coefficient (Wildman–Crippen LogP) is 6.10. The van der Waals surface area contributed by atoms with Gasteiger partial charge in [-0.25, -0.2) is 0 Å². The zero-order chi connectivity index (χ0) is 16.3. The van der Waals surface area contributed by atoms with E-state index in [-0.39, 0.29) is 5.88 Å². The van der Waals surface area contributed by atoms with Crippen molar-refractivity contribution in [1.29, 1.82) is 0 Å². The molecule has 0 bridgehead atoms. The lowest BCUT2D eigenvalue weighted by Gasteiger charge is -1.99. The number of rotatable bonds is 13. The van der Waals surface area contributed by atoms with Gasteiger partial charge in [0.25, 0.3) is 0 Å². The van der Waals surface area contributed by atoms with Crippen molar-refractivity contribution in [3.63, 3.8) is 0 Å². The molecule has 0 amide bonds. The van der Waals surface area contributed by atoms with Gasteiger partial charge in [-0.15, -0.1) is 0 Å². The predicted molar refractivity (Wildman–Crippen MR) is 98.7 cm³/mol. The van der Waals surface area contributed by atoms with Gasteiger partial charge in [-0.3, -0.25) is 0 Å². The quantitative estimate of drug-likeness (QED) is 0.245. The van der Waals surface area contributed by atoms with Crippen LogP contribution in [0, 0.1) is 0 Å². The van der Waals surface area contributed by atoms with Gasteiger partial charge >= 0.3 is 0 Å². The van der Waals surface area contributed by atoms with Crippen molar-refractivity contribution in [2.45, 2.75) is 64.7 Å². The van der Waals surface area contributed by atoms with Crippen LogP contribution in [0.15, 0.2) is 60.6 Å². The first kappa shape index (κ1) is 20.3. The average molecular weight is 303 g/mol. The van der Waals surface area contributed by atoms with Gasteiger partial charge in [-0.05, 0) is 18.9 Å². The molecule has 0 rings (SSSR count). The van der Waals surface area contributed by atoms with Crippen molar-refractivity contribution in [3.05, 3.63) is 60.6 Å². The van der Waals surface area contributed by atoms with E-state index in [0.29, 0.717) is 0 Å². The minimum atomic E-state index is -0.177. The van der Waals surface area contributed by atoms with Gasteiger partial charge < -0.3 is 10.8 Å². The third kappa shape index (κ3) is 18.3. The molecule has 0 aliphatic rings. The first-order valence-corrected chi connectivity index (χ1v) is 8.58. The molecule has 0 aromatic heterocycles. The molecule has 0 heterocycles. The Hall–Kier alpha value is -1.70. The highest BCUT2D eigenvalue weighted by molar-refractivity contribution is 5.18. The summed E-state index contributed by atoms with van der Waals surface area (Å²) in [6.45, 7) is 2.26. The van der Waals surface area contributed by atoms with E-state index >= 15 is 0 Å². The largest absolute Gasteiger partial charge is 0.495 e. The molecule has 0 atom stereocenters. The number of allylic oxidation sites excluding steroid dienone is 9. The van der Waals surface area contributed by atoms with Crippen LogP contribution in [-0.2, 0) is 0 Å². The van der Waals surface area contributed by atoms with Crippen LogP contribution >= 0.6 is 0 Å². The summed E-state index contributed by atoms with van der Waals surface area (Å²) < 4.78 is 0. The molecule has 0 aliphatic carbocycles. The minimum Gasteiger partial charge on any atom is -0.495 e. The summed E-state index contributed by atoms with van der Waals surface area (Å²) in [7, 11) is 0. The lowest BCUT2D eigenvalue weighted by molar-refractivity contribution is 0.406. The third-order valence-electron chi connectivity index (χ3n) is 3.29. The molecule has 0 saturated carbocycles. The Morgan fingerprint density at radius 1 is 0.727 bits per heavy atom. The molecule has 0 radical (unpaired) electrons. The van der Waals surface area contributed by atoms with Crippen LogP contribution in [0.4, 0.5) is 0 Å². The highest BCUT2D eigenvalue weighted by Gasteiger charge is 1.89. The molecule has 0 aromatic carbocycles. The fourth-order valence-electron chi connectivity index (χ4n) is 2.05. The maximum Gasteiger partial charge on any atom is 0.181 e. The van der Waals surface area contributed by atoms with Gasteiger partial charge in [0.05, 0.1) is 0 Å². The summed E-state index contributed by atoms with van der Waals surface area (Å²) in [5.74, 6) is -0.177. The van der Waals surface area contributed by atoms with Gasteiger partial charge in [-0.2, -0.15) is 0 Å². The Bertz CT molecular complexity index is 371. The van der Waals surface area contributed by atoms with Crippen molar-refractivity contribution in [3.8, 4) is 0 Å². The molecule has 0 unspecified atom stereocenters. The molecular weight excluding hydrogens is 270 g/mol. The molecule has 0 aromatic rings. The van der Waals surface area contributed by atoms with Crippen molar-refractivity contribution in [2.24, 2.45) is 5.73 Å². The second-order valence-electron chi connectivity index (χ2n) is 5.44. The van der Waals surface area contributed by atoms with E-state index in [1.54, 1.807) is 6.08 Å². The van der Waals surface area contributed by atoms with E-state index in [2.05, 4.69) is 19.1 Å². The van der Waals surface area contributed by atoms with E-state index in [1.165, 1.54) is 63.9 Å². The summed E-state index contributed by atoms with van der Waals surface area (Å²) in [6, 6.07) is 0. The summed E-state index contributed by atoms with van der Waals surface area (Å²) in [4.78, 5) is 0. The summed E-state index contributed by atoms with van der Waals surface area (Å²) in [5.41, 5.74) is 5.08. The SMILES string of the molecule is CCCCCCCCCC/C=C/C=C/C=C/C=C/C=C(\N)O. The molecule has 0 saturated heterocycles. The van der Waals surface area contributed by atoms with E-state index in [0.717, 1.165) is 0 Å². The molecule has 22 heavy (non-hydrogen) atoms. The number of hydrogen-bond donors (Lipinski definition) is 2. The van der Waals surface area contributed by atoms with Crippen LogP contribution in [0.25, 0.3) is 0 Å². The summed E-state index contributed by atoms with van der Waals surface area (Å²) in [5, 5.41) is 8.72. The second-order valence-corrected chi connectivity index (χ2v) is 5.44. The second kappa shape index (κ2) is 17.4. The van der Waals surface area contributed by atoms with Crippen LogP contribution in [0.1, 0.15) is 64.7 Å². The number of aliphatic hydroxyl groups excluding tert-OH is 1. The van der Waals surface area contributed by atoms with E-state index < -0.39 is 0 Å². The molecule has 0 aliphatic heterocycles. The highest BCUT2D eigenvalue weighted by Crippen LogP contribution is 2.09. The number of unbranched alkanes of at least 4 members (excludes halogenated alkanes) is 8. The van der Waals surface area contributed by atoms with Crippen LogP contribution < -0.4 is 5.73 Å². The lowest BCUT2D eigenvalue weighted by atomic mass is 10.1. The van der Waals surface area contributed by atoms with Crippen LogP contribution in [0.2, 0.25) is 0 Å². The zero-order valence-corrected chi connectivity index (χ0v) is 14.1. The van der Waals surface area contributed by atoms with Crippen LogP contribution in [0.5, 0.6) is 0 Å². The minimum absolute atomic E-state index is 0.177. The number of nitrogens with two attached hydrogens (primary N) is 1. The Morgan fingerprint density at radius 3 is 1.82 bits per heavy atom. The van der Waals surface area contributed by atoms with Gasteiger partial charge in [0.15, 0.2) is 5.88 Å². The molecule has 0 spiro atoms.